The van der Waals surface area contributed by atoms with E-state index in [-0.39, 0.29) is 23.2 Å². The van der Waals surface area contributed by atoms with E-state index in [1.165, 1.54) is 0 Å². The van der Waals surface area contributed by atoms with Crippen molar-refractivity contribution in [1.82, 2.24) is 4.72 Å². The van der Waals surface area contributed by atoms with Gasteiger partial charge in [0.05, 0.1) is 34.2 Å². The average molecular weight is 485 g/mol. The molecular formula is C27H36N2O4S. The number of benzene rings is 2. The molecule has 1 amide bonds. The Bertz CT molecular complexity index is 1070. The van der Waals surface area contributed by atoms with Crippen LogP contribution in [0.15, 0.2) is 35.2 Å². The summed E-state index contributed by atoms with van der Waals surface area (Å²) in [5.41, 5.74) is 1.80. The van der Waals surface area contributed by atoms with E-state index in [1.807, 2.05) is 39.8 Å². The Morgan fingerprint density at radius 3 is 1.74 bits per heavy atom. The summed E-state index contributed by atoms with van der Waals surface area (Å²) in [6, 6.07) is 10.7. The summed E-state index contributed by atoms with van der Waals surface area (Å²) in [6.07, 6.45) is 0.0298. The van der Waals surface area contributed by atoms with Gasteiger partial charge in [0.25, 0.3) is 0 Å². The number of aliphatic hydroxyl groups is 2. The number of carbonyl (C=O) groups is 1. The molecule has 0 aromatic heterocycles. The van der Waals surface area contributed by atoms with Crippen molar-refractivity contribution in [3.63, 3.8) is 0 Å². The molecule has 1 atom stereocenters. The highest BCUT2D eigenvalue weighted by atomic mass is 32.2. The highest BCUT2D eigenvalue weighted by Crippen LogP contribution is 2.31. The van der Waals surface area contributed by atoms with Crippen LogP contribution in [0.2, 0.25) is 0 Å². The monoisotopic (exact) mass is 484 g/mol. The number of nitrogens with zero attached hydrogens (tertiary/aromatic N) is 1. The van der Waals surface area contributed by atoms with Crippen molar-refractivity contribution in [3.8, 4) is 6.07 Å². The van der Waals surface area contributed by atoms with Crippen molar-refractivity contribution in [2.45, 2.75) is 89.7 Å². The van der Waals surface area contributed by atoms with E-state index < -0.39 is 28.1 Å². The first-order chi connectivity index (χ1) is 15.5. The molecule has 2 aromatic carbocycles. The van der Waals surface area contributed by atoms with Gasteiger partial charge in [0.2, 0.25) is 5.91 Å². The minimum absolute atomic E-state index is 0.0298. The van der Waals surface area contributed by atoms with Crippen LogP contribution >= 0.6 is 0 Å². The van der Waals surface area contributed by atoms with Gasteiger partial charge in [0.1, 0.15) is 0 Å². The molecule has 34 heavy (non-hydrogen) atoms. The molecule has 0 aliphatic rings. The van der Waals surface area contributed by atoms with Crippen LogP contribution in [0.4, 0.5) is 0 Å². The van der Waals surface area contributed by atoms with E-state index >= 15 is 0 Å². The molecule has 184 valence electrons. The van der Waals surface area contributed by atoms with Crippen LogP contribution in [0.25, 0.3) is 0 Å². The largest absolute Gasteiger partial charge is 0.386 e. The van der Waals surface area contributed by atoms with E-state index in [4.69, 9.17) is 0 Å². The normalized spacial score (nSPS) is 13.1. The Hall–Kier alpha value is -2.53. The maximum absolute atomic E-state index is 13.1. The second kappa shape index (κ2) is 10.4. The SMILES string of the molecule is CC(C)c1cc(C#N)cc(C(C)C)c1CC(=O)NS(=O)c1cc(C(C)(C)O)cc(C(C)(C)O)c1. The second-order valence-electron chi connectivity index (χ2n) is 10.4. The molecule has 0 fully saturated rings. The zero-order chi connectivity index (χ0) is 26.0. The molecule has 0 saturated heterocycles. The van der Waals surface area contributed by atoms with Gasteiger partial charge in [-0.1, -0.05) is 33.8 Å². The van der Waals surface area contributed by atoms with Gasteiger partial charge in [0.15, 0.2) is 11.0 Å². The lowest BCUT2D eigenvalue weighted by atomic mass is 9.85. The van der Waals surface area contributed by atoms with Crippen molar-refractivity contribution < 1.29 is 19.2 Å². The van der Waals surface area contributed by atoms with E-state index in [1.54, 1.807) is 45.9 Å². The summed E-state index contributed by atoms with van der Waals surface area (Å²) >= 11 is 0. The predicted molar refractivity (Wildman–Crippen MR) is 135 cm³/mol. The third-order valence-electron chi connectivity index (χ3n) is 5.77. The Labute approximate surface area is 205 Å². The zero-order valence-corrected chi connectivity index (χ0v) is 22.1. The van der Waals surface area contributed by atoms with Crippen LogP contribution in [0.1, 0.15) is 101 Å². The van der Waals surface area contributed by atoms with E-state index in [0.717, 1.165) is 16.7 Å². The average Bonchev–Trinajstić information content (AvgIpc) is 2.71. The molecule has 0 spiro atoms. The van der Waals surface area contributed by atoms with Gasteiger partial charge in [-0.15, -0.1) is 0 Å². The number of rotatable bonds is 8. The molecule has 0 saturated carbocycles. The number of nitrogens with one attached hydrogen (secondary N) is 1. The number of hydrogen-bond acceptors (Lipinski definition) is 5. The number of hydrogen-bond donors (Lipinski definition) is 3. The minimum atomic E-state index is -1.89. The fourth-order valence-electron chi connectivity index (χ4n) is 3.79. The van der Waals surface area contributed by atoms with Crippen molar-refractivity contribution in [1.29, 1.82) is 5.26 Å². The fourth-order valence-corrected chi connectivity index (χ4v) is 4.65. The van der Waals surface area contributed by atoms with Crippen LogP contribution in [0.5, 0.6) is 0 Å². The van der Waals surface area contributed by atoms with E-state index in [2.05, 4.69) is 10.8 Å². The lowest BCUT2D eigenvalue weighted by Gasteiger charge is -2.24. The van der Waals surface area contributed by atoms with Crippen molar-refractivity contribution in [2.75, 3.05) is 0 Å². The minimum Gasteiger partial charge on any atom is -0.386 e. The highest BCUT2D eigenvalue weighted by Gasteiger charge is 2.25. The van der Waals surface area contributed by atoms with Crippen molar-refractivity contribution >= 4 is 16.9 Å². The molecule has 2 aromatic rings. The number of amides is 1. The lowest BCUT2D eigenvalue weighted by molar-refractivity contribution is -0.118. The Morgan fingerprint density at radius 2 is 1.38 bits per heavy atom. The summed E-state index contributed by atoms with van der Waals surface area (Å²) in [4.78, 5) is 13.3. The Morgan fingerprint density at radius 1 is 0.941 bits per heavy atom. The van der Waals surface area contributed by atoms with E-state index in [9.17, 15) is 24.5 Å². The molecule has 0 aliphatic heterocycles. The third kappa shape index (κ3) is 6.75. The molecule has 7 heteroatoms. The van der Waals surface area contributed by atoms with Gasteiger partial charge in [0, 0.05) is 0 Å². The van der Waals surface area contributed by atoms with Gasteiger partial charge in [-0.3, -0.25) is 9.52 Å². The molecule has 1 unspecified atom stereocenters. The topological polar surface area (TPSA) is 110 Å². The first-order valence-electron chi connectivity index (χ1n) is 11.4. The van der Waals surface area contributed by atoms with Gasteiger partial charge >= 0.3 is 0 Å². The highest BCUT2D eigenvalue weighted by molar-refractivity contribution is 7.83. The predicted octanol–water partition coefficient (Wildman–Crippen LogP) is 4.64. The molecule has 2 rings (SSSR count). The zero-order valence-electron chi connectivity index (χ0n) is 21.3. The summed E-state index contributed by atoms with van der Waals surface area (Å²) in [7, 11) is -1.89. The number of nitriles is 1. The second-order valence-corrected chi connectivity index (χ2v) is 11.6. The van der Waals surface area contributed by atoms with Gasteiger partial charge in [-0.05, 0) is 91.6 Å². The smallest absolute Gasteiger partial charge is 0.236 e. The first kappa shape index (κ1) is 27.7. The lowest BCUT2D eigenvalue weighted by Crippen LogP contribution is -2.29. The Kier molecular flexibility index (Phi) is 8.47. The molecule has 0 bridgehead atoms. The Balaban J connectivity index is 2.42. The number of carbonyl (C=O) groups excluding carboxylic acids is 1. The standard InChI is InChI=1S/C27H36N2O4S/c1-16(2)22-9-18(15-28)10-23(17(3)4)24(22)14-25(30)29-34(33)21-12-19(26(5,6)31)11-20(13-21)27(7,8)32/h9-13,16-17,31-32H,14H2,1-8H3,(H,29,30). The van der Waals surface area contributed by atoms with Gasteiger partial charge in [-0.25, -0.2) is 4.21 Å². The van der Waals surface area contributed by atoms with Crippen molar-refractivity contribution in [2.24, 2.45) is 0 Å². The molecule has 6 nitrogen and oxygen atoms in total. The molecular weight excluding hydrogens is 448 g/mol. The van der Waals surface area contributed by atoms with Crippen LogP contribution < -0.4 is 4.72 Å². The van der Waals surface area contributed by atoms with Crippen LogP contribution in [0.3, 0.4) is 0 Å². The summed E-state index contributed by atoms with van der Waals surface area (Å²) in [5.74, 6) is -0.195. The maximum Gasteiger partial charge on any atom is 0.236 e. The van der Waals surface area contributed by atoms with Crippen LogP contribution in [-0.2, 0) is 33.4 Å². The summed E-state index contributed by atoms with van der Waals surface area (Å²) in [5, 5.41) is 30.4. The van der Waals surface area contributed by atoms with Gasteiger partial charge in [-0.2, -0.15) is 5.26 Å². The maximum atomic E-state index is 13.1. The fraction of sp³-hybridized carbons (Fsp3) is 0.481. The van der Waals surface area contributed by atoms with Crippen LogP contribution in [-0.4, -0.2) is 20.3 Å². The quantitative estimate of drug-likeness (QED) is 0.505. The van der Waals surface area contributed by atoms with Crippen molar-refractivity contribution in [3.05, 3.63) is 63.7 Å². The molecule has 3 N–H and O–H groups in total. The van der Waals surface area contributed by atoms with Gasteiger partial charge < -0.3 is 10.2 Å². The third-order valence-corrected chi connectivity index (χ3v) is 6.85. The molecule has 0 radical (unpaired) electrons. The summed E-state index contributed by atoms with van der Waals surface area (Å²) < 4.78 is 15.7. The first-order valence-corrected chi connectivity index (χ1v) is 12.6. The molecule has 0 heterocycles. The molecule has 0 aliphatic carbocycles. The van der Waals surface area contributed by atoms with E-state index in [0.29, 0.717) is 16.7 Å². The summed E-state index contributed by atoms with van der Waals surface area (Å²) in [6.45, 7) is 14.5. The van der Waals surface area contributed by atoms with Crippen LogP contribution in [0, 0.1) is 11.3 Å².